The van der Waals surface area contributed by atoms with Crippen molar-refractivity contribution in [3.63, 3.8) is 0 Å². The van der Waals surface area contributed by atoms with Crippen molar-refractivity contribution in [2.24, 2.45) is 0 Å². The fraction of sp³-hybridized carbons (Fsp3) is 0.333. The van der Waals surface area contributed by atoms with Gasteiger partial charge in [0.1, 0.15) is 11.6 Å². The Balaban J connectivity index is 2.29. The van der Waals surface area contributed by atoms with Crippen LogP contribution in [0.15, 0.2) is 24.3 Å². The average molecular weight is 238 g/mol. The van der Waals surface area contributed by atoms with E-state index in [1.54, 1.807) is 18.2 Å². The van der Waals surface area contributed by atoms with Gasteiger partial charge in [-0.15, -0.1) is 0 Å². The van der Waals surface area contributed by atoms with Crippen LogP contribution in [-0.2, 0) is 11.3 Å². The molecule has 92 valence electrons. The molecule has 0 radical (unpaired) electrons. The van der Waals surface area contributed by atoms with Crippen molar-refractivity contribution in [1.29, 1.82) is 0 Å². The molecule has 1 aromatic carbocycles. The van der Waals surface area contributed by atoms with E-state index >= 15 is 0 Å². The SMILES string of the molecule is CC(=O)CCNC(=O)NCc1ccccc1F. The fourth-order valence-corrected chi connectivity index (χ4v) is 1.23. The zero-order valence-electron chi connectivity index (χ0n) is 9.63. The van der Waals surface area contributed by atoms with Crippen molar-refractivity contribution < 1.29 is 14.0 Å². The Bertz CT molecular complexity index is 407. The minimum Gasteiger partial charge on any atom is -0.338 e. The van der Waals surface area contributed by atoms with Crippen molar-refractivity contribution >= 4 is 11.8 Å². The first-order chi connectivity index (χ1) is 8.09. The van der Waals surface area contributed by atoms with Crippen LogP contribution in [0.3, 0.4) is 0 Å². The molecule has 5 heteroatoms. The Hall–Kier alpha value is -1.91. The number of halogens is 1. The van der Waals surface area contributed by atoms with E-state index in [2.05, 4.69) is 10.6 Å². The molecule has 0 saturated carbocycles. The molecule has 17 heavy (non-hydrogen) atoms. The molecule has 0 atom stereocenters. The van der Waals surface area contributed by atoms with Gasteiger partial charge >= 0.3 is 6.03 Å². The van der Waals surface area contributed by atoms with E-state index in [9.17, 15) is 14.0 Å². The Kier molecular flexibility index (Phi) is 5.13. The van der Waals surface area contributed by atoms with E-state index < -0.39 is 6.03 Å². The molecule has 0 unspecified atom stereocenters. The van der Waals surface area contributed by atoms with Crippen molar-refractivity contribution in [1.82, 2.24) is 10.6 Å². The van der Waals surface area contributed by atoms with Crippen LogP contribution in [0.25, 0.3) is 0 Å². The Morgan fingerprint density at radius 1 is 1.24 bits per heavy atom. The lowest BCUT2D eigenvalue weighted by atomic mass is 10.2. The standard InChI is InChI=1S/C12H15FN2O2/c1-9(16)6-7-14-12(17)15-8-10-4-2-3-5-11(10)13/h2-5H,6-8H2,1H3,(H2,14,15,17). The highest BCUT2D eigenvalue weighted by Gasteiger charge is 2.03. The highest BCUT2D eigenvalue weighted by atomic mass is 19.1. The third-order valence-electron chi connectivity index (χ3n) is 2.16. The highest BCUT2D eigenvalue weighted by molar-refractivity contribution is 5.77. The van der Waals surface area contributed by atoms with Crippen molar-refractivity contribution in [2.45, 2.75) is 19.9 Å². The van der Waals surface area contributed by atoms with Gasteiger partial charge in [-0.3, -0.25) is 4.79 Å². The second kappa shape index (κ2) is 6.62. The summed E-state index contributed by atoms with van der Waals surface area (Å²) in [5.74, 6) is -0.337. The van der Waals surface area contributed by atoms with Gasteiger partial charge in [-0.05, 0) is 13.0 Å². The number of benzene rings is 1. The number of carbonyl (C=O) groups is 2. The summed E-state index contributed by atoms with van der Waals surface area (Å²) in [5.41, 5.74) is 0.425. The molecule has 1 aromatic rings. The molecule has 0 heterocycles. The molecular weight excluding hydrogens is 223 g/mol. The van der Waals surface area contributed by atoms with Gasteiger partial charge in [0.15, 0.2) is 0 Å². The predicted octanol–water partition coefficient (Wildman–Crippen LogP) is 1.60. The minimum atomic E-state index is -0.408. The van der Waals surface area contributed by atoms with Gasteiger partial charge in [0.2, 0.25) is 0 Å². The van der Waals surface area contributed by atoms with Crippen LogP contribution in [0.1, 0.15) is 18.9 Å². The van der Waals surface area contributed by atoms with Crippen LogP contribution in [-0.4, -0.2) is 18.4 Å². The van der Waals surface area contributed by atoms with E-state index in [1.807, 2.05) is 0 Å². The van der Waals surface area contributed by atoms with Crippen molar-refractivity contribution in [3.8, 4) is 0 Å². The quantitative estimate of drug-likeness (QED) is 0.818. The summed E-state index contributed by atoms with van der Waals surface area (Å²) in [5, 5.41) is 5.02. The van der Waals surface area contributed by atoms with E-state index in [0.29, 0.717) is 18.5 Å². The monoisotopic (exact) mass is 238 g/mol. The minimum absolute atomic E-state index is 0.0133. The molecule has 0 aromatic heterocycles. The summed E-state index contributed by atoms with van der Waals surface area (Å²) in [7, 11) is 0. The lowest BCUT2D eigenvalue weighted by Gasteiger charge is -2.07. The average Bonchev–Trinajstić information content (AvgIpc) is 2.27. The number of nitrogens with one attached hydrogen (secondary N) is 2. The van der Waals surface area contributed by atoms with E-state index in [-0.39, 0.29) is 18.1 Å². The summed E-state index contributed by atoms with van der Waals surface area (Å²) in [6.07, 6.45) is 0.299. The number of hydrogen-bond donors (Lipinski definition) is 2. The first-order valence-corrected chi connectivity index (χ1v) is 5.34. The molecule has 2 amide bonds. The first-order valence-electron chi connectivity index (χ1n) is 5.34. The molecule has 0 saturated heterocycles. The molecule has 0 aliphatic rings. The van der Waals surface area contributed by atoms with E-state index in [4.69, 9.17) is 0 Å². The number of carbonyl (C=O) groups excluding carboxylic acids is 2. The van der Waals surface area contributed by atoms with E-state index in [1.165, 1.54) is 13.0 Å². The molecule has 0 fully saturated rings. The molecule has 0 bridgehead atoms. The van der Waals surface area contributed by atoms with Crippen LogP contribution in [0.4, 0.5) is 9.18 Å². The number of ketones is 1. The first kappa shape index (κ1) is 13.2. The highest BCUT2D eigenvalue weighted by Crippen LogP contribution is 2.05. The Morgan fingerprint density at radius 3 is 2.59 bits per heavy atom. The molecular formula is C12H15FN2O2. The van der Waals surface area contributed by atoms with Gasteiger partial charge in [0.25, 0.3) is 0 Å². The number of urea groups is 1. The number of amides is 2. The second-order valence-electron chi connectivity index (χ2n) is 3.65. The van der Waals surface area contributed by atoms with Crippen molar-refractivity contribution in [3.05, 3.63) is 35.6 Å². The third-order valence-corrected chi connectivity index (χ3v) is 2.16. The largest absolute Gasteiger partial charge is 0.338 e. The van der Waals surface area contributed by atoms with Crippen LogP contribution in [0, 0.1) is 5.82 Å². The van der Waals surface area contributed by atoms with Crippen LogP contribution in [0.5, 0.6) is 0 Å². The fourth-order valence-electron chi connectivity index (χ4n) is 1.23. The van der Waals surface area contributed by atoms with Gasteiger partial charge in [0, 0.05) is 25.1 Å². The number of Topliss-reactive ketones (excluding diaryl/α,β-unsaturated/α-hetero) is 1. The van der Waals surface area contributed by atoms with Crippen LogP contribution in [0.2, 0.25) is 0 Å². The molecule has 1 rings (SSSR count). The molecule has 0 spiro atoms. The van der Waals surface area contributed by atoms with Crippen molar-refractivity contribution in [2.75, 3.05) is 6.54 Å². The summed E-state index contributed by atoms with van der Waals surface area (Å²) in [6, 6.07) is 5.82. The molecule has 4 nitrogen and oxygen atoms in total. The van der Waals surface area contributed by atoms with Gasteiger partial charge in [0.05, 0.1) is 0 Å². The van der Waals surface area contributed by atoms with Crippen LogP contribution >= 0.6 is 0 Å². The Morgan fingerprint density at radius 2 is 1.94 bits per heavy atom. The second-order valence-corrected chi connectivity index (χ2v) is 3.65. The molecule has 0 aliphatic carbocycles. The zero-order valence-corrected chi connectivity index (χ0v) is 9.63. The third kappa shape index (κ3) is 5.10. The maximum absolute atomic E-state index is 13.2. The lowest BCUT2D eigenvalue weighted by Crippen LogP contribution is -2.36. The summed E-state index contributed by atoms with van der Waals surface area (Å²) in [6.45, 7) is 1.87. The topological polar surface area (TPSA) is 58.2 Å². The maximum atomic E-state index is 13.2. The maximum Gasteiger partial charge on any atom is 0.315 e. The predicted molar refractivity (Wildman–Crippen MR) is 61.9 cm³/mol. The zero-order chi connectivity index (χ0) is 12.7. The normalized spacial score (nSPS) is 9.76. The molecule has 0 aliphatic heterocycles. The Labute approximate surface area is 99.2 Å². The molecule has 2 N–H and O–H groups in total. The van der Waals surface area contributed by atoms with Crippen LogP contribution < -0.4 is 10.6 Å². The smallest absolute Gasteiger partial charge is 0.315 e. The van der Waals surface area contributed by atoms with Gasteiger partial charge in [-0.2, -0.15) is 0 Å². The van der Waals surface area contributed by atoms with Gasteiger partial charge < -0.3 is 10.6 Å². The number of hydrogen-bond acceptors (Lipinski definition) is 2. The van der Waals surface area contributed by atoms with Gasteiger partial charge in [-0.25, -0.2) is 9.18 Å². The van der Waals surface area contributed by atoms with E-state index in [0.717, 1.165) is 0 Å². The summed E-state index contributed by atoms with van der Waals surface area (Å²) < 4.78 is 13.2. The van der Waals surface area contributed by atoms with Gasteiger partial charge in [-0.1, -0.05) is 18.2 Å². The lowest BCUT2D eigenvalue weighted by molar-refractivity contribution is -0.116. The number of rotatable bonds is 5. The summed E-state index contributed by atoms with van der Waals surface area (Å²) >= 11 is 0. The summed E-state index contributed by atoms with van der Waals surface area (Å²) in [4.78, 5) is 21.9.